The van der Waals surface area contributed by atoms with Crippen LogP contribution in [0, 0.1) is 0 Å². The summed E-state index contributed by atoms with van der Waals surface area (Å²) in [7, 11) is 0.772. The maximum absolute atomic E-state index is 13.3. The van der Waals surface area contributed by atoms with Crippen molar-refractivity contribution < 1.29 is 17.9 Å². The van der Waals surface area contributed by atoms with Crippen LogP contribution in [-0.2, 0) is 16.6 Å². The zero-order valence-electron chi connectivity index (χ0n) is 17.9. The molecule has 4 aromatic rings. The van der Waals surface area contributed by atoms with Gasteiger partial charge in [0.25, 0.3) is 0 Å². The molecule has 2 aromatic heterocycles. The molecule has 7 nitrogen and oxygen atoms in total. The lowest BCUT2D eigenvalue weighted by atomic mass is 10.2. The van der Waals surface area contributed by atoms with E-state index in [1.165, 1.54) is 30.7 Å². The van der Waals surface area contributed by atoms with Crippen molar-refractivity contribution in [2.45, 2.75) is 11.4 Å². The van der Waals surface area contributed by atoms with E-state index in [2.05, 4.69) is 0 Å². The number of aromatic nitrogens is 2. The number of hydrogen-bond acceptors (Lipinski definition) is 6. The van der Waals surface area contributed by atoms with Crippen LogP contribution in [0.25, 0.3) is 16.3 Å². The first-order chi connectivity index (χ1) is 15.4. The predicted molar refractivity (Wildman–Crippen MR) is 125 cm³/mol. The van der Waals surface area contributed by atoms with Gasteiger partial charge in [-0.2, -0.15) is 9.40 Å². The Kier molecular flexibility index (Phi) is 6.31. The number of benzene rings is 2. The van der Waals surface area contributed by atoms with Crippen molar-refractivity contribution in [2.75, 3.05) is 21.3 Å². The highest BCUT2D eigenvalue weighted by Crippen LogP contribution is 2.32. The lowest BCUT2D eigenvalue weighted by Gasteiger charge is -2.18. The van der Waals surface area contributed by atoms with Gasteiger partial charge in [-0.25, -0.2) is 13.1 Å². The summed E-state index contributed by atoms with van der Waals surface area (Å²) in [5.41, 5.74) is 2.48. The second-order valence-electron chi connectivity index (χ2n) is 7.04. The summed E-state index contributed by atoms with van der Waals surface area (Å²) in [6, 6.07) is 18.2. The summed E-state index contributed by atoms with van der Waals surface area (Å²) in [4.78, 5) is 1.11. The zero-order valence-corrected chi connectivity index (χ0v) is 19.6. The molecule has 0 radical (unpaired) electrons. The van der Waals surface area contributed by atoms with E-state index in [4.69, 9.17) is 14.6 Å². The Hall–Kier alpha value is -3.14. The highest BCUT2D eigenvalue weighted by Gasteiger charge is 2.25. The summed E-state index contributed by atoms with van der Waals surface area (Å²) in [5, 5.41) is 6.73. The number of thiophene rings is 1. The number of ether oxygens (including phenoxy) is 2. The largest absolute Gasteiger partial charge is 0.493 e. The van der Waals surface area contributed by atoms with Crippen molar-refractivity contribution in [3.63, 3.8) is 0 Å². The second-order valence-corrected chi connectivity index (χ2v) is 10.0. The van der Waals surface area contributed by atoms with Crippen LogP contribution in [0.2, 0.25) is 0 Å². The summed E-state index contributed by atoms with van der Waals surface area (Å²) >= 11 is 1.56. The molecule has 0 spiro atoms. The molecular weight excluding hydrogens is 446 g/mol. The van der Waals surface area contributed by atoms with Gasteiger partial charge in [-0.05, 0) is 35.7 Å². The number of rotatable bonds is 8. The number of sulfonamides is 1. The number of methoxy groups -OCH3 is 2. The van der Waals surface area contributed by atoms with Crippen LogP contribution in [0.3, 0.4) is 0 Å². The van der Waals surface area contributed by atoms with Gasteiger partial charge in [-0.15, -0.1) is 11.3 Å². The van der Waals surface area contributed by atoms with E-state index < -0.39 is 10.0 Å². The van der Waals surface area contributed by atoms with Gasteiger partial charge < -0.3 is 9.47 Å². The molecule has 4 rings (SSSR count). The van der Waals surface area contributed by atoms with Gasteiger partial charge in [-0.1, -0.05) is 24.3 Å². The quantitative estimate of drug-likeness (QED) is 0.381. The minimum Gasteiger partial charge on any atom is -0.493 e. The van der Waals surface area contributed by atoms with Crippen molar-refractivity contribution in [3.8, 4) is 27.8 Å². The topological polar surface area (TPSA) is 73.7 Å². The Morgan fingerprint density at radius 3 is 2.41 bits per heavy atom. The third-order valence-electron chi connectivity index (χ3n) is 5.02. The fourth-order valence-corrected chi connectivity index (χ4v) is 5.25. The Bertz CT molecular complexity index is 1300. The first-order valence-electron chi connectivity index (χ1n) is 9.80. The van der Waals surface area contributed by atoms with Gasteiger partial charge >= 0.3 is 0 Å². The molecule has 0 bridgehead atoms. The Morgan fingerprint density at radius 1 is 1.00 bits per heavy atom. The molecule has 2 heterocycles. The Labute approximate surface area is 191 Å². The molecule has 0 unspecified atom stereocenters. The normalized spacial score (nSPS) is 11.6. The number of para-hydroxylation sites is 1. The van der Waals surface area contributed by atoms with Gasteiger partial charge in [0.15, 0.2) is 11.5 Å². The van der Waals surface area contributed by atoms with Crippen LogP contribution >= 0.6 is 11.3 Å². The predicted octanol–water partition coefficient (Wildman–Crippen LogP) is 4.44. The van der Waals surface area contributed by atoms with E-state index in [0.29, 0.717) is 11.5 Å². The Morgan fingerprint density at radius 2 is 1.75 bits per heavy atom. The molecule has 0 N–H and O–H groups in total. The Balaban J connectivity index is 1.69. The van der Waals surface area contributed by atoms with Crippen LogP contribution in [-0.4, -0.2) is 43.8 Å². The molecule has 0 atom stereocenters. The highest BCUT2D eigenvalue weighted by molar-refractivity contribution is 7.89. The minimum atomic E-state index is -3.77. The van der Waals surface area contributed by atoms with Crippen LogP contribution in [0.1, 0.15) is 5.56 Å². The fourth-order valence-electron chi connectivity index (χ4n) is 3.34. The van der Waals surface area contributed by atoms with Crippen LogP contribution in [0.5, 0.6) is 11.5 Å². The van der Waals surface area contributed by atoms with Crippen molar-refractivity contribution in [3.05, 3.63) is 77.8 Å². The molecular formula is C23H23N3O4S2. The second kappa shape index (κ2) is 9.15. The molecule has 0 amide bonds. The average Bonchev–Trinajstić information content (AvgIpc) is 3.49. The van der Waals surface area contributed by atoms with Crippen LogP contribution < -0.4 is 9.47 Å². The van der Waals surface area contributed by atoms with Gasteiger partial charge in [0.2, 0.25) is 10.0 Å². The van der Waals surface area contributed by atoms with E-state index in [-0.39, 0.29) is 11.4 Å². The molecule has 166 valence electrons. The summed E-state index contributed by atoms with van der Waals surface area (Å²) in [6.45, 7) is 0.163. The highest BCUT2D eigenvalue weighted by atomic mass is 32.2. The van der Waals surface area contributed by atoms with E-state index in [1.54, 1.807) is 29.1 Å². The molecule has 0 aliphatic carbocycles. The standard InChI is InChI=1S/C23H23N3O4S2/c1-25(32(27,28)19-11-12-20(29-2)21(14-19)30-3)15-17-16-26(18-8-5-4-6-9-18)24-23(17)22-10-7-13-31-22/h4-14,16H,15H2,1-3H3. The fraction of sp³-hybridized carbons (Fsp3) is 0.174. The summed E-state index contributed by atoms with van der Waals surface area (Å²) < 4.78 is 40.2. The third kappa shape index (κ3) is 4.27. The molecule has 0 saturated heterocycles. The van der Waals surface area contributed by atoms with Gasteiger partial charge in [0.05, 0.1) is 29.7 Å². The molecule has 0 aliphatic rings. The van der Waals surface area contributed by atoms with E-state index in [0.717, 1.165) is 21.8 Å². The number of hydrogen-bond donors (Lipinski definition) is 0. The van der Waals surface area contributed by atoms with Crippen molar-refractivity contribution in [1.29, 1.82) is 0 Å². The lowest BCUT2D eigenvalue weighted by Crippen LogP contribution is -2.26. The third-order valence-corrected chi connectivity index (χ3v) is 7.70. The van der Waals surface area contributed by atoms with Gasteiger partial charge in [-0.3, -0.25) is 0 Å². The molecule has 32 heavy (non-hydrogen) atoms. The minimum absolute atomic E-state index is 0.130. The first-order valence-corrected chi connectivity index (χ1v) is 12.1. The van der Waals surface area contributed by atoms with Gasteiger partial charge in [0, 0.05) is 31.4 Å². The first kappa shape index (κ1) is 22.1. The summed E-state index contributed by atoms with van der Waals surface area (Å²) in [6.07, 6.45) is 1.88. The maximum atomic E-state index is 13.3. The van der Waals surface area contributed by atoms with Gasteiger partial charge in [0.1, 0.15) is 5.69 Å². The van der Waals surface area contributed by atoms with E-state index in [9.17, 15) is 8.42 Å². The maximum Gasteiger partial charge on any atom is 0.243 e. The van der Waals surface area contributed by atoms with Crippen molar-refractivity contribution in [1.82, 2.24) is 14.1 Å². The summed E-state index contributed by atoms with van der Waals surface area (Å²) in [5.74, 6) is 0.830. The van der Waals surface area contributed by atoms with Crippen molar-refractivity contribution in [2.24, 2.45) is 0 Å². The molecule has 0 saturated carbocycles. The zero-order chi connectivity index (χ0) is 22.7. The molecule has 0 fully saturated rings. The number of nitrogens with zero attached hydrogens (tertiary/aromatic N) is 3. The molecule has 2 aromatic carbocycles. The molecule has 9 heteroatoms. The van der Waals surface area contributed by atoms with E-state index >= 15 is 0 Å². The average molecular weight is 470 g/mol. The van der Waals surface area contributed by atoms with Crippen molar-refractivity contribution >= 4 is 21.4 Å². The van der Waals surface area contributed by atoms with Crippen LogP contribution in [0.15, 0.2) is 77.1 Å². The smallest absolute Gasteiger partial charge is 0.243 e. The molecule has 0 aliphatic heterocycles. The van der Waals surface area contributed by atoms with Crippen LogP contribution in [0.4, 0.5) is 0 Å². The lowest BCUT2D eigenvalue weighted by molar-refractivity contribution is 0.353. The monoisotopic (exact) mass is 469 g/mol. The van der Waals surface area contributed by atoms with E-state index in [1.807, 2.05) is 54.0 Å². The SMILES string of the molecule is COc1ccc(S(=O)(=O)N(C)Cc2cn(-c3ccccc3)nc2-c2cccs2)cc1OC.